The van der Waals surface area contributed by atoms with Crippen LogP contribution in [0.15, 0.2) is 0 Å². The zero-order valence-corrected chi connectivity index (χ0v) is 22.6. The minimum atomic E-state index is -1.57. The zero-order valence-electron chi connectivity index (χ0n) is 22.6. The van der Waals surface area contributed by atoms with E-state index in [2.05, 4.69) is 4.74 Å². The number of methoxy groups -OCH3 is 1. The number of esters is 2. The summed E-state index contributed by atoms with van der Waals surface area (Å²) in [5.41, 5.74) is 0. The predicted octanol–water partition coefficient (Wildman–Crippen LogP) is -0.731. The summed E-state index contributed by atoms with van der Waals surface area (Å²) in [5.74, 6) is -3.67. The van der Waals surface area contributed by atoms with Crippen LogP contribution in [0.3, 0.4) is 0 Å². The Morgan fingerprint density at radius 3 is 1.13 bits per heavy atom. The Bertz CT molecular complexity index is 629. The highest BCUT2D eigenvalue weighted by molar-refractivity contribution is 6.32. The van der Waals surface area contributed by atoms with Crippen LogP contribution in [-0.2, 0) is 66.5 Å². The van der Waals surface area contributed by atoms with Gasteiger partial charge >= 0.3 is 17.9 Å². The molecule has 0 aliphatic carbocycles. The molecule has 1 N–H and O–H groups in total. The second-order valence-corrected chi connectivity index (χ2v) is 7.36. The maximum Gasteiger partial charge on any atom is 0.372 e. The van der Waals surface area contributed by atoms with E-state index in [0.717, 1.165) is 0 Å². The van der Waals surface area contributed by atoms with E-state index < -0.39 is 23.7 Å². The average molecular weight is 571 g/mol. The van der Waals surface area contributed by atoms with Gasteiger partial charge in [0, 0.05) is 6.42 Å². The quantitative estimate of drug-likeness (QED) is 0.0648. The van der Waals surface area contributed by atoms with Crippen molar-refractivity contribution in [1.82, 2.24) is 0 Å². The van der Waals surface area contributed by atoms with Gasteiger partial charge in [0.05, 0.1) is 113 Å². The van der Waals surface area contributed by atoms with E-state index in [1.807, 2.05) is 0 Å². The number of hydrogen-bond acceptors (Lipinski definition) is 14. The van der Waals surface area contributed by atoms with Crippen LogP contribution >= 0.6 is 0 Å². The number of carboxylic acids is 1. The normalized spacial score (nSPS) is 10.9. The molecule has 0 heterocycles. The van der Waals surface area contributed by atoms with Crippen molar-refractivity contribution in [2.45, 2.75) is 12.8 Å². The van der Waals surface area contributed by atoms with Crippen molar-refractivity contribution in [3.63, 3.8) is 0 Å². The van der Waals surface area contributed by atoms with Crippen LogP contribution < -0.4 is 0 Å². The standard InChI is InChI=1S/C24H42O15/c1-30-23(27)20-38-17-16-36-13-12-34-9-8-32-5-4-31-6-7-33-10-11-35-14-15-37-18-19-39-22(26)3-2-21(25)24(28)29/h2-20H2,1H3,(H,28,29). The molecule has 0 atom stereocenters. The summed E-state index contributed by atoms with van der Waals surface area (Å²) in [5, 5.41) is 8.42. The van der Waals surface area contributed by atoms with Crippen LogP contribution in [0.4, 0.5) is 0 Å². The largest absolute Gasteiger partial charge is 0.476 e. The Kier molecular flexibility index (Phi) is 27.1. The minimum Gasteiger partial charge on any atom is -0.476 e. The van der Waals surface area contributed by atoms with Gasteiger partial charge < -0.3 is 52.5 Å². The summed E-state index contributed by atoms with van der Waals surface area (Å²) in [7, 11) is 1.30. The minimum absolute atomic E-state index is 0.0106. The first-order valence-electron chi connectivity index (χ1n) is 12.6. The Morgan fingerprint density at radius 2 is 0.795 bits per heavy atom. The van der Waals surface area contributed by atoms with E-state index in [9.17, 15) is 19.2 Å². The first-order chi connectivity index (χ1) is 19.0. The van der Waals surface area contributed by atoms with Crippen LogP contribution in [0, 0.1) is 0 Å². The van der Waals surface area contributed by atoms with Crippen molar-refractivity contribution < 1.29 is 71.7 Å². The lowest BCUT2D eigenvalue weighted by molar-refractivity contribution is -0.151. The molecule has 0 amide bonds. The number of ether oxygens (including phenoxy) is 10. The highest BCUT2D eigenvalue weighted by Crippen LogP contribution is 1.95. The fourth-order valence-electron chi connectivity index (χ4n) is 2.36. The summed E-state index contributed by atoms with van der Waals surface area (Å²) < 4.78 is 51.7. The smallest absolute Gasteiger partial charge is 0.372 e. The highest BCUT2D eigenvalue weighted by atomic mass is 16.6. The summed E-state index contributed by atoms with van der Waals surface area (Å²) in [4.78, 5) is 43.4. The summed E-state index contributed by atoms with van der Waals surface area (Å²) >= 11 is 0. The molecule has 0 aliphatic rings. The molecule has 0 saturated heterocycles. The fraction of sp³-hybridized carbons (Fsp3) is 0.833. The van der Waals surface area contributed by atoms with Crippen molar-refractivity contribution in [3.8, 4) is 0 Å². The molecule has 0 fully saturated rings. The molecule has 15 heteroatoms. The van der Waals surface area contributed by atoms with Crippen molar-refractivity contribution in [2.75, 3.05) is 119 Å². The van der Waals surface area contributed by atoms with E-state index >= 15 is 0 Å². The van der Waals surface area contributed by atoms with E-state index in [-0.39, 0.29) is 32.7 Å². The predicted molar refractivity (Wildman–Crippen MR) is 131 cm³/mol. The molecule has 0 aromatic rings. The van der Waals surface area contributed by atoms with E-state index in [1.165, 1.54) is 7.11 Å². The number of aliphatic carboxylic acids is 1. The molecule has 39 heavy (non-hydrogen) atoms. The van der Waals surface area contributed by atoms with E-state index in [1.54, 1.807) is 0 Å². The van der Waals surface area contributed by atoms with Gasteiger partial charge in [-0.05, 0) is 0 Å². The SMILES string of the molecule is COC(=O)COCCOCCOCCOCCOCCOCCOCCOCCOC(=O)CCC(=O)C(=O)O. The van der Waals surface area contributed by atoms with Crippen molar-refractivity contribution in [3.05, 3.63) is 0 Å². The molecule has 0 saturated carbocycles. The van der Waals surface area contributed by atoms with E-state index in [0.29, 0.717) is 92.5 Å². The van der Waals surface area contributed by atoms with Crippen molar-refractivity contribution in [2.24, 2.45) is 0 Å². The lowest BCUT2D eigenvalue weighted by Crippen LogP contribution is -2.17. The van der Waals surface area contributed by atoms with Gasteiger partial charge in [-0.25, -0.2) is 9.59 Å². The molecule has 0 bridgehead atoms. The van der Waals surface area contributed by atoms with Gasteiger partial charge in [0.2, 0.25) is 5.78 Å². The molecule has 0 rings (SSSR count). The van der Waals surface area contributed by atoms with Crippen LogP contribution in [0.25, 0.3) is 0 Å². The van der Waals surface area contributed by atoms with Gasteiger partial charge in [-0.2, -0.15) is 0 Å². The van der Waals surface area contributed by atoms with Gasteiger partial charge in [-0.3, -0.25) is 9.59 Å². The number of ketones is 1. The average Bonchev–Trinajstić information content (AvgIpc) is 2.93. The molecule has 0 aliphatic heterocycles. The van der Waals surface area contributed by atoms with Crippen LogP contribution in [-0.4, -0.2) is 148 Å². The molecule has 0 aromatic carbocycles. The Morgan fingerprint density at radius 1 is 0.462 bits per heavy atom. The van der Waals surface area contributed by atoms with E-state index in [4.69, 9.17) is 47.7 Å². The number of carbonyl (C=O) groups excluding carboxylic acids is 3. The Hall–Kier alpha value is -2.24. The zero-order chi connectivity index (χ0) is 28.8. The molecule has 15 nitrogen and oxygen atoms in total. The van der Waals surface area contributed by atoms with Gasteiger partial charge in [-0.1, -0.05) is 0 Å². The molecular weight excluding hydrogens is 528 g/mol. The second kappa shape index (κ2) is 28.8. The Labute approximate surface area is 228 Å². The molecule has 0 radical (unpaired) electrons. The van der Waals surface area contributed by atoms with Gasteiger partial charge in [0.1, 0.15) is 13.2 Å². The summed E-state index contributed by atoms with van der Waals surface area (Å²) in [6.07, 6.45) is -0.665. The second-order valence-electron chi connectivity index (χ2n) is 7.36. The van der Waals surface area contributed by atoms with Crippen LogP contribution in [0.1, 0.15) is 12.8 Å². The van der Waals surface area contributed by atoms with Gasteiger partial charge in [-0.15, -0.1) is 0 Å². The maximum atomic E-state index is 11.3. The number of hydrogen-bond donors (Lipinski definition) is 1. The molecule has 0 unspecified atom stereocenters. The third kappa shape index (κ3) is 28.6. The first-order valence-corrected chi connectivity index (χ1v) is 12.6. The lowest BCUT2D eigenvalue weighted by atomic mass is 10.2. The van der Waals surface area contributed by atoms with Crippen molar-refractivity contribution in [1.29, 1.82) is 0 Å². The van der Waals surface area contributed by atoms with Crippen molar-refractivity contribution >= 4 is 23.7 Å². The van der Waals surface area contributed by atoms with Gasteiger partial charge in [0.15, 0.2) is 0 Å². The molecule has 228 valence electrons. The highest BCUT2D eigenvalue weighted by Gasteiger charge is 2.14. The molecule has 0 aromatic heterocycles. The van der Waals surface area contributed by atoms with Crippen LogP contribution in [0.5, 0.6) is 0 Å². The summed E-state index contributed by atoms with van der Waals surface area (Å²) in [6, 6.07) is 0. The van der Waals surface area contributed by atoms with Crippen LogP contribution in [0.2, 0.25) is 0 Å². The third-order valence-corrected chi connectivity index (χ3v) is 4.34. The first kappa shape index (κ1) is 36.8. The Balaban J connectivity index is 3.15. The number of carboxylic acid groups (broad SMARTS) is 1. The number of Topliss-reactive ketones (excluding diaryl/α,β-unsaturated/α-hetero) is 1. The number of rotatable bonds is 30. The molecular formula is C24H42O15. The monoisotopic (exact) mass is 570 g/mol. The lowest BCUT2D eigenvalue weighted by Gasteiger charge is -2.09. The maximum absolute atomic E-state index is 11.3. The molecule has 0 spiro atoms. The topological polar surface area (TPSA) is 181 Å². The van der Waals surface area contributed by atoms with Gasteiger partial charge in [0.25, 0.3) is 0 Å². The fourth-order valence-corrected chi connectivity index (χ4v) is 2.36. The summed E-state index contributed by atoms with van der Waals surface area (Å²) in [6.45, 7) is 5.76. The third-order valence-electron chi connectivity index (χ3n) is 4.34. The number of carbonyl (C=O) groups is 4.